The van der Waals surface area contributed by atoms with Crippen molar-refractivity contribution in [2.75, 3.05) is 0 Å². The van der Waals surface area contributed by atoms with E-state index in [1.807, 2.05) is 6.92 Å². The Balaban J connectivity index is 2.10. The van der Waals surface area contributed by atoms with Gasteiger partial charge in [0.25, 0.3) is 0 Å². The second-order valence-corrected chi connectivity index (χ2v) is 4.64. The van der Waals surface area contributed by atoms with Gasteiger partial charge in [0, 0.05) is 17.3 Å². The molecule has 1 aromatic rings. The molecular formula is C15H16N2. The van der Waals surface area contributed by atoms with Crippen LogP contribution in [0.1, 0.15) is 36.3 Å². The Labute approximate surface area is 102 Å². The molecule has 0 saturated carbocycles. The molecule has 1 unspecified atom stereocenters. The molecule has 86 valence electrons. The van der Waals surface area contributed by atoms with Crippen molar-refractivity contribution in [3.63, 3.8) is 0 Å². The van der Waals surface area contributed by atoms with Gasteiger partial charge in [-0.25, -0.2) is 0 Å². The molecule has 0 aromatic carbocycles. The van der Waals surface area contributed by atoms with Crippen molar-refractivity contribution in [3.05, 3.63) is 47.3 Å². The van der Waals surface area contributed by atoms with E-state index in [0.29, 0.717) is 5.92 Å². The summed E-state index contributed by atoms with van der Waals surface area (Å²) >= 11 is 0. The number of fused-ring (bicyclic) bond motifs is 3. The lowest BCUT2D eigenvalue weighted by molar-refractivity contribution is 0.587. The lowest BCUT2D eigenvalue weighted by Crippen LogP contribution is -2.18. The summed E-state index contributed by atoms with van der Waals surface area (Å²) in [5.74, 6) is 0.382. The first-order chi connectivity index (χ1) is 8.28. The zero-order chi connectivity index (χ0) is 11.8. The van der Waals surface area contributed by atoms with Crippen molar-refractivity contribution in [1.82, 2.24) is 4.98 Å². The molecule has 2 heteroatoms. The van der Waals surface area contributed by atoms with Crippen LogP contribution in [-0.4, -0.2) is 10.7 Å². The van der Waals surface area contributed by atoms with E-state index in [4.69, 9.17) is 4.99 Å². The molecule has 2 nitrogen and oxygen atoms in total. The summed E-state index contributed by atoms with van der Waals surface area (Å²) in [5, 5.41) is 0. The summed E-state index contributed by atoms with van der Waals surface area (Å²) in [6, 6.07) is 4.39. The molecule has 0 N–H and O–H groups in total. The van der Waals surface area contributed by atoms with Gasteiger partial charge >= 0.3 is 0 Å². The van der Waals surface area contributed by atoms with Crippen LogP contribution in [0.4, 0.5) is 0 Å². The standard InChI is InChI=1S/C15H16N2/c1-3-13-9-8-12-7-6-11-5-4-10(2)16-14(11)15(12)17-13/h4-9,12,15H,3H2,1-2H3/t12-,15?/m0/s1. The average Bonchev–Trinajstić information content (AvgIpc) is 2.38. The van der Waals surface area contributed by atoms with Crippen LogP contribution in [0.2, 0.25) is 0 Å². The Bertz CT molecular complexity index is 538. The number of dihydropyridines is 1. The first-order valence-corrected chi connectivity index (χ1v) is 6.18. The van der Waals surface area contributed by atoms with E-state index in [1.165, 1.54) is 11.3 Å². The fraction of sp³-hybridized carbons (Fsp3) is 0.333. The summed E-state index contributed by atoms with van der Waals surface area (Å²) in [5.41, 5.74) is 4.59. The van der Waals surface area contributed by atoms with E-state index in [9.17, 15) is 0 Å². The van der Waals surface area contributed by atoms with Crippen molar-refractivity contribution in [3.8, 4) is 0 Å². The van der Waals surface area contributed by atoms with Gasteiger partial charge in [-0.15, -0.1) is 0 Å². The van der Waals surface area contributed by atoms with Crippen LogP contribution in [0.15, 0.2) is 35.4 Å². The minimum atomic E-state index is 0.190. The molecule has 0 spiro atoms. The van der Waals surface area contributed by atoms with Gasteiger partial charge in [0.2, 0.25) is 0 Å². The van der Waals surface area contributed by atoms with E-state index in [1.54, 1.807) is 0 Å². The van der Waals surface area contributed by atoms with Crippen molar-refractivity contribution >= 4 is 11.8 Å². The summed E-state index contributed by atoms with van der Waals surface area (Å²) in [6.45, 7) is 4.18. The number of allylic oxidation sites excluding steroid dienone is 1. The third kappa shape index (κ3) is 1.74. The molecule has 2 atom stereocenters. The second kappa shape index (κ2) is 3.95. The minimum absolute atomic E-state index is 0.190. The maximum Gasteiger partial charge on any atom is 0.103 e. The predicted molar refractivity (Wildman–Crippen MR) is 71.1 cm³/mol. The van der Waals surface area contributed by atoms with Crippen molar-refractivity contribution < 1.29 is 0 Å². The van der Waals surface area contributed by atoms with Crippen molar-refractivity contribution in [2.24, 2.45) is 10.9 Å². The fourth-order valence-corrected chi connectivity index (χ4v) is 2.44. The quantitative estimate of drug-likeness (QED) is 0.716. The zero-order valence-electron chi connectivity index (χ0n) is 10.2. The number of hydrogen-bond acceptors (Lipinski definition) is 2. The van der Waals surface area contributed by atoms with E-state index in [2.05, 4.69) is 48.3 Å². The fourth-order valence-electron chi connectivity index (χ4n) is 2.44. The third-order valence-electron chi connectivity index (χ3n) is 3.42. The summed E-state index contributed by atoms with van der Waals surface area (Å²) in [7, 11) is 0. The molecule has 1 aliphatic heterocycles. The molecule has 17 heavy (non-hydrogen) atoms. The number of rotatable bonds is 1. The molecule has 3 rings (SSSR count). The van der Waals surface area contributed by atoms with Crippen LogP contribution in [-0.2, 0) is 0 Å². The van der Waals surface area contributed by atoms with Gasteiger partial charge in [-0.3, -0.25) is 9.98 Å². The van der Waals surface area contributed by atoms with E-state index in [-0.39, 0.29) is 6.04 Å². The molecule has 1 aromatic heterocycles. The monoisotopic (exact) mass is 224 g/mol. The highest BCUT2D eigenvalue weighted by Gasteiger charge is 2.27. The molecule has 0 amide bonds. The highest BCUT2D eigenvalue weighted by atomic mass is 14.9. The maximum atomic E-state index is 4.82. The smallest absolute Gasteiger partial charge is 0.103 e. The van der Waals surface area contributed by atoms with Crippen molar-refractivity contribution in [2.45, 2.75) is 26.3 Å². The van der Waals surface area contributed by atoms with Crippen LogP contribution >= 0.6 is 0 Å². The normalized spacial score (nSPS) is 25.2. The second-order valence-electron chi connectivity index (χ2n) is 4.64. The van der Waals surface area contributed by atoms with Crippen LogP contribution in [0.3, 0.4) is 0 Å². The summed E-state index contributed by atoms with van der Waals surface area (Å²) < 4.78 is 0. The summed E-state index contributed by atoms with van der Waals surface area (Å²) in [4.78, 5) is 9.50. The average molecular weight is 224 g/mol. The highest BCUT2D eigenvalue weighted by Crippen LogP contribution is 2.37. The number of aliphatic imine (C=N–C) groups is 1. The first kappa shape index (κ1) is 10.5. The van der Waals surface area contributed by atoms with E-state index < -0.39 is 0 Å². The zero-order valence-corrected chi connectivity index (χ0v) is 10.2. The van der Waals surface area contributed by atoms with Gasteiger partial charge in [0.05, 0.1) is 5.69 Å². The van der Waals surface area contributed by atoms with Crippen LogP contribution in [0.25, 0.3) is 6.08 Å². The Hall–Kier alpha value is -1.70. The minimum Gasteiger partial charge on any atom is -0.279 e. The van der Waals surface area contributed by atoms with Gasteiger partial charge in [-0.2, -0.15) is 0 Å². The number of aryl methyl sites for hydroxylation is 1. The number of hydrogen-bond donors (Lipinski definition) is 0. The molecule has 1 aliphatic carbocycles. The van der Waals surface area contributed by atoms with Gasteiger partial charge in [-0.05, 0) is 31.1 Å². The Morgan fingerprint density at radius 3 is 2.82 bits per heavy atom. The Kier molecular flexibility index (Phi) is 2.43. The molecule has 0 saturated heterocycles. The summed E-state index contributed by atoms with van der Waals surface area (Å²) in [6.07, 6.45) is 9.78. The van der Waals surface area contributed by atoms with E-state index >= 15 is 0 Å². The van der Waals surface area contributed by atoms with Gasteiger partial charge < -0.3 is 0 Å². The van der Waals surface area contributed by atoms with Crippen LogP contribution in [0, 0.1) is 12.8 Å². The van der Waals surface area contributed by atoms with Crippen molar-refractivity contribution in [1.29, 1.82) is 0 Å². The number of aromatic nitrogens is 1. The molecular weight excluding hydrogens is 208 g/mol. The topological polar surface area (TPSA) is 25.2 Å². The Morgan fingerprint density at radius 1 is 1.18 bits per heavy atom. The third-order valence-corrected chi connectivity index (χ3v) is 3.42. The highest BCUT2D eigenvalue weighted by molar-refractivity contribution is 5.95. The SMILES string of the molecule is CCC1=NC2c3nc(C)ccc3C=C[C@H]2C=C1. The number of nitrogens with zero attached hydrogens (tertiary/aromatic N) is 2. The first-order valence-electron chi connectivity index (χ1n) is 6.18. The van der Waals surface area contributed by atoms with Gasteiger partial charge in [0.15, 0.2) is 0 Å². The number of pyridine rings is 1. The molecule has 0 bridgehead atoms. The lowest BCUT2D eigenvalue weighted by Gasteiger charge is -2.27. The molecule has 0 radical (unpaired) electrons. The maximum absolute atomic E-state index is 4.82. The molecule has 0 fully saturated rings. The lowest BCUT2D eigenvalue weighted by atomic mass is 9.86. The molecule has 2 heterocycles. The Morgan fingerprint density at radius 2 is 2.00 bits per heavy atom. The molecule has 2 aliphatic rings. The van der Waals surface area contributed by atoms with Gasteiger partial charge in [0.1, 0.15) is 6.04 Å². The van der Waals surface area contributed by atoms with Gasteiger partial charge in [-0.1, -0.05) is 31.2 Å². The van der Waals surface area contributed by atoms with Crippen LogP contribution < -0.4 is 0 Å². The van der Waals surface area contributed by atoms with E-state index in [0.717, 1.165) is 17.8 Å². The largest absolute Gasteiger partial charge is 0.279 e. The van der Waals surface area contributed by atoms with Crippen LogP contribution in [0.5, 0.6) is 0 Å². The predicted octanol–water partition coefficient (Wildman–Crippen LogP) is 3.49.